The van der Waals surface area contributed by atoms with Crippen molar-refractivity contribution in [1.29, 1.82) is 0 Å². The van der Waals surface area contributed by atoms with Gasteiger partial charge in [-0.05, 0) is 37.7 Å². The molecule has 0 saturated heterocycles. The summed E-state index contributed by atoms with van der Waals surface area (Å²) in [7, 11) is 1.82. The fourth-order valence-electron chi connectivity index (χ4n) is 1.42. The number of rotatable bonds is 5. The molecule has 0 amide bonds. The summed E-state index contributed by atoms with van der Waals surface area (Å²) in [5.74, 6) is -1.20. The fourth-order valence-corrected chi connectivity index (χ4v) is 1.68. The Kier molecular flexibility index (Phi) is 4.78. The summed E-state index contributed by atoms with van der Waals surface area (Å²) in [6.07, 6.45) is 0.605. The minimum atomic E-state index is -0.771. The largest absolute Gasteiger partial charge is 0.481 e. The lowest BCUT2D eigenvalue weighted by atomic mass is 9.96. The first-order valence-corrected chi connectivity index (χ1v) is 5.57. The zero-order valence-electron chi connectivity index (χ0n) is 8.53. The Morgan fingerprint density at radius 1 is 1.47 bits per heavy atom. The molecule has 15 heavy (non-hydrogen) atoms. The predicted octanol–water partition coefficient (Wildman–Crippen LogP) is 2.23. The first-order chi connectivity index (χ1) is 7.15. The molecule has 82 valence electrons. The average molecular weight is 272 g/mol. The van der Waals surface area contributed by atoms with E-state index in [1.165, 1.54) is 0 Å². The second-order valence-electron chi connectivity index (χ2n) is 3.33. The zero-order valence-corrected chi connectivity index (χ0v) is 10.1. The molecule has 1 aromatic rings. The van der Waals surface area contributed by atoms with Crippen LogP contribution in [-0.2, 0) is 4.79 Å². The maximum atomic E-state index is 11.1. The quantitative estimate of drug-likeness (QED) is 0.864. The maximum absolute atomic E-state index is 11.1. The summed E-state index contributed by atoms with van der Waals surface area (Å²) in [6, 6.07) is 7.42. The van der Waals surface area contributed by atoms with Crippen LogP contribution in [0.15, 0.2) is 28.7 Å². The topological polar surface area (TPSA) is 49.3 Å². The number of benzene rings is 1. The SMILES string of the molecule is CNCCC(C(=O)O)c1ccc(Br)cc1. The second-order valence-corrected chi connectivity index (χ2v) is 4.25. The number of carboxylic acid groups (broad SMARTS) is 1. The molecule has 0 spiro atoms. The Hall–Kier alpha value is -0.870. The van der Waals surface area contributed by atoms with Gasteiger partial charge >= 0.3 is 5.97 Å². The fraction of sp³-hybridized carbons (Fsp3) is 0.364. The van der Waals surface area contributed by atoms with E-state index in [4.69, 9.17) is 5.11 Å². The number of carbonyl (C=O) groups is 1. The molecule has 0 aliphatic heterocycles. The maximum Gasteiger partial charge on any atom is 0.311 e. The highest BCUT2D eigenvalue weighted by atomic mass is 79.9. The third-order valence-corrected chi connectivity index (χ3v) is 2.78. The van der Waals surface area contributed by atoms with E-state index in [2.05, 4.69) is 21.2 Å². The van der Waals surface area contributed by atoms with Crippen molar-refractivity contribution in [2.24, 2.45) is 0 Å². The van der Waals surface area contributed by atoms with Crippen molar-refractivity contribution >= 4 is 21.9 Å². The van der Waals surface area contributed by atoms with Crippen molar-refractivity contribution in [3.05, 3.63) is 34.3 Å². The molecule has 0 bridgehead atoms. The molecule has 1 unspecified atom stereocenters. The summed E-state index contributed by atoms with van der Waals surface area (Å²) >= 11 is 3.32. The van der Waals surface area contributed by atoms with Crippen LogP contribution in [-0.4, -0.2) is 24.7 Å². The summed E-state index contributed by atoms with van der Waals surface area (Å²) in [4.78, 5) is 11.1. The van der Waals surface area contributed by atoms with Gasteiger partial charge in [-0.1, -0.05) is 28.1 Å². The first-order valence-electron chi connectivity index (χ1n) is 4.78. The first kappa shape index (κ1) is 12.2. The lowest BCUT2D eigenvalue weighted by Crippen LogP contribution is -2.18. The molecule has 4 heteroatoms. The molecule has 2 N–H and O–H groups in total. The van der Waals surface area contributed by atoms with Crippen LogP contribution in [0.2, 0.25) is 0 Å². The number of nitrogens with one attached hydrogen (secondary N) is 1. The summed E-state index contributed by atoms with van der Waals surface area (Å²) < 4.78 is 0.962. The van der Waals surface area contributed by atoms with Gasteiger partial charge in [0, 0.05) is 4.47 Å². The molecule has 0 saturated carbocycles. The van der Waals surface area contributed by atoms with Crippen molar-refractivity contribution in [3.8, 4) is 0 Å². The van der Waals surface area contributed by atoms with Crippen LogP contribution < -0.4 is 5.32 Å². The molecule has 0 aromatic heterocycles. The smallest absolute Gasteiger partial charge is 0.311 e. The standard InChI is InChI=1S/C11H14BrNO2/c1-13-7-6-10(11(14)15)8-2-4-9(12)5-3-8/h2-5,10,13H,6-7H2,1H3,(H,14,15). The number of hydrogen-bond acceptors (Lipinski definition) is 2. The molecule has 1 atom stereocenters. The van der Waals surface area contributed by atoms with Crippen molar-refractivity contribution in [3.63, 3.8) is 0 Å². The van der Waals surface area contributed by atoms with E-state index in [-0.39, 0.29) is 0 Å². The van der Waals surface area contributed by atoms with Crippen LogP contribution in [0.4, 0.5) is 0 Å². The third-order valence-electron chi connectivity index (χ3n) is 2.25. The normalized spacial score (nSPS) is 12.4. The minimum Gasteiger partial charge on any atom is -0.481 e. The van der Waals surface area contributed by atoms with Gasteiger partial charge in [-0.2, -0.15) is 0 Å². The number of aliphatic carboxylic acids is 1. The zero-order chi connectivity index (χ0) is 11.3. The summed E-state index contributed by atoms with van der Waals surface area (Å²) in [6.45, 7) is 0.701. The van der Waals surface area contributed by atoms with Gasteiger partial charge in [0.05, 0.1) is 5.92 Å². The second kappa shape index (κ2) is 5.88. The molecule has 1 aromatic carbocycles. The summed E-state index contributed by atoms with van der Waals surface area (Å²) in [5.41, 5.74) is 0.848. The van der Waals surface area contributed by atoms with E-state index in [1.54, 1.807) is 0 Å². The van der Waals surface area contributed by atoms with Crippen LogP contribution in [0.25, 0.3) is 0 Å². The monoisotopic (exact) mass is 271 g/mol. The lowest BCUT2D eigenvalue weighted by Gasteiger charge is -2.12. The molecule has 0 aliphatic carbocycles. The summed E-state index contributed by atoms with van der Waals surface area (Å²) in [5, 5.41) is 12.0. The third kappa shape index (κ3) is 3.64. The van der Waals surface area contributed by atoms with Gasteiger partial charge in [0.15, 0.2) is 0 Å². The van der Waals surface area contributed by atoms with E-state index in [0.717, 1.165) is 10.0 Å². The van der Waals surface area contributed by atoms with Crippen molar-refractivity contribution in [2.45, 2.75) is 12.3 Å². The minimum absolute atomic E-state index is 0.425. The molecule has 0 aliphatic rings. The lowest BCUT2D eigenvalue weighted by molar-refractivity contribution is -0.138. The molecule has 3 nitrogen and oxygen atoms in total. The van der Waals surface area contributed by atoms with Crippen molar-refractivity contribution < 1.29 is 9.90 Å². The van der Waals surface area contributed by atoms with Gasteiger partial charge in [0.1, 0.15) is 0 Å². The van der Waals surface area contributed by atoms with Gasteiger partial charge in [-0.3, -0.25) is 4.79 Å². The Morgan fingerprint density at radius 3 is 2.53 bits per heavy atom. The Morgan fingerprint density at radius 2 is 2.07 bits per heavy atom. The predicted molar refractivity (Wildman–Crippen MR) is 63.1 cm³/mol. The molecule has 0 fully saturated rings. The molecule has 0 radical (unpaired) electrons. The molecular weight excluding hydrogens is 258 g/mol. The number of halogens is 1. The van der Waals surface area contributed by atoms with Crippen LogP contribution in [0.1, 0.15) is 17.9 Å². The number of hydrogen-bond donors (Lipinski definition) is 2. The van der Waals surface area contributed by atoms with Gasteiger partial charge < -0.3 is 10.4 Å². The molecular formula is C11H14BrNO2. The van der Waals surface area contributed by atoms with E-state index in [1.807, 2.05) is 31.3 Å². The molecule has 0 heterocycles. The van der Waals surface area contributed by atoms with Gasteiger partial charge in [0.25, 0.3) is 0 Å². The Labute approximate surface area is 97.6 Å². The highest BCUT2D eigenvalue weighted by molar-refractivity contribution is 9.10. The van der Waals surface area contributed by atoms with Gasteiger partial charge in [-0.25, -0.2) is 0 Å². The highest BCUT2D eigenvalue weighted by Gasteiger charge is 2.18. The van der Waals surface area contributed by atoms with Crippen molar-refractivity contribution in [2.75, 3.05) is 13.6 Å². The average Bonchev–Trinajstić information content (AvgIpc) is 2.21. The van der Waals surface area contributed by atoms with Gasteiger partial charge in [0.2, 0.25) is 0 Å². The molecule has 1 rings (SSSR count). The van der Waals surface area contributed by atoms with E-state index < -0.39 is 11.9 Å². The van der Waals surface area contributed by atoms with E-state index >= 15 is 0 Å². The van der Waals surface area contributed by atoms with Crippen LogP contribution in [0.5, 0.6) is 0 Å². The van der Waals surface area contributed by atoms with Crippen molar-refractivity contribution in [1.82, 2.24) is 5.32 Å². The van der Waals surface area contributed by atoms with E-state index in [0.29, 0.717) is 13.0 Å². The van der Waals surface area contributed by atoms with E-state index in [9.17, 15) is 4.79 Å². The number of carboxylic acids is 1. The van der Waals surface area contributed by atoms with Crippen LogP contribution in [0.3, 0.4) is 0 Å². The highest BCUT2D eigenvalue weighted by Crippen LogP contribution is 2.21. The Bertz CT molecular complexity index is 324. The Balaban J connectivity index is 2.79. The van der Waals surface area contributed by atoms with Gasteiger partial charge in [-0.15, -0.1) is 0 Å². The van der Waals surface area contributed by atoms with Crippen LogP contribution >= 0.6 is 15.9 Å². The van der Waals surface area contributed by atoms with Crippen LogP contribution in [0, 0.1) is 0 Å².